The van der Waals surface area contributed by atoms with Gasteiger partial charge in [0.2, 0.25) is 0 Å². The molecule has 0 atom stereocenters. The number of anilines is 1. The highest BCUT2D eigenvalue weighted by Crippen LogP contribution is 2.35. The van der Waals surface area contributed by atoms with Gasteiger partial charge in [0.05, 0.1) is 21.8 Å². The van der Waals surface area contributed by atoms with E-state index in [1.165, 1.54) is 30.0 Å². The summed E-state index contributed by atoms with van der Waals surface area (Å²) >= 11 is 5.97. The summed E-state index contributed by atoms with van der Waals surface area (Å²) in [5.74, 6) is -1.10. The quantitative estimate of drug-likeness (QED) is 0.440. The second-order valence-corrected chi connectivity index (χ2v) is 11.2. The molecule has 1 heterocycles. The van der Waals surface area contributed by atoms with E-state index >= 15 is 0 Å². The molecule has 9 nitrogen and oxygen atoms in total. The Morgan fingerprint density at radius 3 is 2.32 bits per heavy atom. The van der Waals surface area contributed by atoms with Gasteiger partial charge in [-0.15, -0.1) is 0 Å². The SMILES string of the molecule is CCS(=O)(=O)c1ccc(Cl)cc1CNC(=O)c1cc(C(F)(F)F)c(CN2CCN(C(=O)O)CC2)cc1N. The summed E-state index contributed by atoms with van der Waals surface area (Å²) in [5.41, 5.74) is 4.38. The molecule has 4 N–H and O–H groups in total. The van der Waals surface area contributed by atoms with Crippen molar-refractivity contribution in [3.05, 3.63) is 57.6 Å². The monoisotopic (exact) mass is 562 g/mol. The Hall–Kier alpha value is -3.03. The highest BCUT2D eigenvalue weighted by atomic mass is 35.5. The first-order valence-corrected chi connectivity index (χ1v) is 13.2. The first-order chi connectivity index (χ1) is 17.2. The van der Waals surface area contributed by atoms with Crippen LogP contribution in [0.2, 0.25) is 5.02 Å². The van der Waals surface area contributed by atoms with E-state index in [-0.39, 0.29) is 71.8 Å². The van der Waals surface area contributed by atoms with Gasteiger partial charge in [0.25, 0.3) is 5.91 Å². The number of nitrogens with one attached hydrogen (secondary N) is 1. The summed E-state index contributed by atoms with van der Waals surface area (Å²) in [7, 11) is -3.64. The van der Waals surface area contributed by atoms with Gasteiger partial charge < -0.3 is 21.1 Å². The number of sulfone groups is 1. The Kier molecular flexibility index (Phi) is 8.60. The second kappa shape index (κ2) is 11.2. The minimum Gasteiger partial charge on any atom is -0.465 e. The van der Waals surface area contributed by atoms with Crippen molar-refractivity contribution in [1.82, 2.24) is 15.1 Å². The van der Waals surface area contributed by atoms with Crippen molar-refractivity contribution in [2.24, 2.45) is 0 Å². The van der Waals surface area contributed by atoms with Crippen LogP contribution in [0.3, 0.4) is 0 Å². The second-order valence-electron chi connectivity index (χ2n) is 8.48. The standard InChI is InChI=1S/C23H26ClF3N4O5S/c1-2-37(35,36)20-4-3-16(24)9-14(20)12-29-21(32)17-11-18(23(25,26)27)15(10-19(17)28)13-30-5-7-31(8-6-30)22(33)34/h3-4,9-11H,2,5-8,12-13,28H2,1H3,(H,29,32)(H,33,34). The lowest BCUT2D eigenvalue weighted by molar-refractivity contribution is -0.138. The fourth-order valence-corrected chi connectivity index (χ4v) is 5.32. The van der Waals surface area contributed by atoms with E-state index < -0.39 is 39.1 Å². The number of carbonyl (C=O) groups excluding carboxylic acids is 1. The molecule has 0 unspecified atom stereocenters. The van der Waals surface area contributed by atoms with Gasteiger partial charge in [-0.05, 0) is 41.5 Å². The number of nitrogens with two attached hydrogens (primary N) is 1. The fourth-order valence-electron chi connectivity index (χ4n) is 4.01. The lowest BCUT2D eigenvalue weighted by atomic mass is 10.00. The van der Waals surface area contributed by atoms with Crippen LogP contribution in [0.4, 0.5) is 23.7 Å². The zero-order valence-electron chi connectivity index (χ0n) is 19.8. The minimum absolute atomic E-state index is 0.0398. The van der Waals surface area contributed by atoms with E-state index in [0.29, 0.717) is 6.07 Å². The van der Waals surface area contributed by atoms with Crippen LogP contribution in [-0.4, -0.2) is 67.3 Å². The van der Waals surface area contributed by atoms with E-state index in [2.05, 4.69) is 5.32 Å². The Morgan fingerprint density at radius 2 is 1.76 bits per heavy atom. The maximum atomic E-state index is 13.9. The number of hydrogen-bond donors (Lipinski definition) is 3. The molecule has 1 saturated heterocycles. The molecule has 0 radical (unpaired) electrons. The Balaban J connectivity index is 1.84. The van der Waals surface area contributed by atoms with Crippen molar-refractivity contribution in [1.29, 1.82) is 0 Å². The molecular weight excluding hydrogens is 537 g/mol. The molecule has 0 aromatic heterocycles. The van der Waals surface area contributed by atoms with Crippen LogP contribution in [0.5, 0.6) is 0 Å². The van der Waals surface area contributed by atoms with E-state index in [1.807, 2.05) is 0 Å². The first kappa shape index (κ1) is 28.5. The highest BCUT2D eigenvalue weighted by molar-refractivity contribution is 7.91. The van der Waals surface area contributed by atoms with E-state index in [4.69, 9.17) is 22.4 Å². The molecule has 0 aliphatic carbocycles. The Morgan fingerprint density at radius 1 is 1.11 bits per heavy atom. The predicted octanol–water partition coefficient (Wildman–Crippen LogP) is 3.46. The molecular formula is C23H26ClF3N4O5S. The number of alkyl halides is 3. The topological polar surface area (TPSA) is 133 Å². The van der Waals surface area contributed by atoms with Gasteiger partial charge in [-0.3, -0.25) is 9.69 Å². The molecule has 202 valence electrons. The van der Waals surface area contributed by atoms with Crippen LogP contribution in [0.1, 0.15) is 34.0 Å². The molecule has 0 bridgehead atoms. The number of piperazine rings is 1. The number of halogens is 4. The van der Waals surface area contributed by atoms with Crippen LogP contribution >= 0.6 is 11.6 Å². The predicted molar refractivity (Wildman–Crippen MR) is 131 cm³/mol. The van der Waals surface area contributed by atoms with Crippen molar-refractivity contribution in [2.45, 2.75) is 31.1 Å². The normalized spacial score (nSPS) is 15.0. The third-order valence-electron chi connectivity index (χ3n) is 6.04. The van der Waals surface area contributed by atoms with Crippen molar-refractivity contribution in [3.63, 3.8) is 0 Å². The number of carbonyl (C=O) groups is 2. The molecule has 14 heteroatoms. The molecule has 2 aromatic rings. The van der Waals surface area contributed by atoms with Gasteiger partial charge in [0.1, 0.15) is 0 Å². The minimum atomic E-state index is -4.78. The smallest absolute Gasteiger partial charge is 0.416 e. The molecule has 1 aliphatic heterocycles. The summed E-state index contributed by atoms with van der Waals surface area (Å²) in [5, 5.41) is 11.7. The summed E-state index contributed by atoms with van der Waals surface area (Å²) in [6, 6.07) is 5.83. The van der Waals surface area contributed by atoms with Crippen LogP contribution in [0, 0.1) is 0 Å². The zero-order chi connectivity index (χ0) is 27.5. The number of carboxylic acid groups (broad SMARTS) is 1. The molecule has 0 spiro atoms. The molecule has 37 heavy (non-hydrogen) atoms. The third-order valence-corrected chi connectivity index (χ3v) is 8.10. The van der Waals surface area contributed by atoms with Gasteiger partial charge in [0, 0.05) is 50.0 Å². The zero-order valence-corrected chi connectivity index (χ0v) is 21.4. The summed E-state index contributed by atoms with van der Waals surface area (Å²) < 4.78 is 66.5. The number of benzene rings is 2. The van der Waals surface area contributed by atoms with E-state index in [0.717, 1.165) is 6.07 Å². The van der Waals surface area contributed by atoms with Crippen molar-refractivity contribution < 1.29 is 36.3 Å². The Labute approximate surface area is 216 Å². The van der Waals surface area contributed by atoms with Crippen molar-refractivity contribution >= 4 is 39.1 Å². The number of hydrogen-bond acceptors (Lipinski definition) is 6. The summed E-state index contributed by atoms with van der Waals surface area (Å²) in [4.78, 5) is 26.7. The average Bonchev–Trinajstić information content (AvgIpc) is 2.82. The lowest BCUT2D eigenvalue weighted by Crippen LogP contribution is -2.47. The van der Waals surface area contributed by atoms with Crippen molar-refractivity contribution in [3.8, 4) is 0 Å². The number of nitrogens with zero attached hydrogens (tertiary/aromatic N) is 2. The lowest BCUT2D eigenvalue weighted by Gasteiger charge is -2.33. The fraction of sp³-hybridized carbons (Fsp3) is 0.391. The molecule has 1 aliphatic rings. The maximum absolute atomic E-state index is 13.9. The van der Waals surface area contributed by atoms with Gasteiger partial charge in [-0.1, -0.05) is 18.5 Å². The molecule has 1 fully saturated rings. The van der Waals surface area contributed by atoms with Gasteiger partial charge in [-0.2, -0.15) is 13.2 Å². The molecule has 2 aromatic carbocycles. The molecule has 0 saturated carbocycles. The first-order valence-electron chi connectivity index (χ1n) is 11.2. The van der Waals surface area contributed by atoms with Crippen LogP contribution in [0.25, 0.3) is 0 Å². The maximum Gasteiger partial charge on any atom is 0.416 e. The molecule has 3 rings (SSSR count). The third kappa shape index (κ3) is 6.84. The van der Waals surface area contributed by atoms with Crippen molar-refractivity contribution in [2.75, 3.05) is 37.7 Å². The van der Waals surface area contributed by atoms with Gasteiger partial charge in [0.15, 0.2) is 9.84 Å². The number of amides is 2. The average molecular weight is 563 g/mol. The Bertz CT molecular complexity index is 1300. The van der Waals surface area contributed by atoms with Gasteiger partial charge in [-0.25, -0.2) is 13.2 Å². The number of nitrogen functional groups attached to an aromatic ring is 1. The highest BCUT2D eigenvalue weighted by Gasteiger charge is 2.35. The summed E-state index contributed by atoms with van der Waals surface area (Å²) in [6.45, 7) is 1.83. The number of rotatable bonds is 7. The summed E-state index contributed by atoms with van der Waals surface area (Å²) in [6.07, 6.45) is -5.87. The van der Waals surface area contributed by atoms with E-state index in [9.17, 15) is 31.2 Å². The largest absolute Gasteiger partial charge is 0.465 e. The molecule has 2 amide bonds. The van der Waals surface area contributed by atoms with Crippen LogP contribution in [-0.2, 0) is 29.1 Å². The van der Waals surface area contributed by atoms with Gasteiger partial charge >= 0.3 is 12.3 Å². The van der Waals surface area contributed by atoms with Crippen LogP contribution < -0.4 is 11.1 Å². The van der Waals surface area contributed by atoms with Crippen LogP contribution in [0.15, 0.2) is 35.2 Å². The van der Waals surface area contributed by atoms with E-state index in [1.54, 1.807) is 4.90 Å².